The lowest BCUT2D eigenvalue weighted by Gasteiger charge is -2.04. The number of nitrogens with one attached hydrogen (secondary N) is 1. The maximum absolute atomic E-state index is 12.2. The highest BCUT2D eigenvalue weighted by molar-refractivity contribution is 5.34. The molecule has 4 nitrogen and oxygen atoms in total. The van der Waals surface area contributed by atoms with E-state index in [0.717, 1.165) is 6.33 Å². The molecule has 0 aliphatic carbocycles. The minimum atomic E-state index is -2.59. The second kappa shape index (κ2) is 5.43. The Bertz CT molecular complexity index is 283. The van der Waals surface area contributed by atoms with Crippen molar-refractivity contribution in [3.8, 4) is 0 Å². The molecular weight excluding hydrogens is 192 g/mol. The van der Waals surface area contributed by atoms with Gasteiger partial charge in [-0.3, -0.25) is 0 Å². The zero-order valence-electron chi connectivity index (χ0n) is 7.45. The van der Waals surface area contributed by atoms with Gasteiger partial charge in [-0.05, 0) is 6.42 Å². The van der Waals surface area contributed by atoms with Crippen molar-refractivity contribution < 1.29 is 13.9 Å². The van der Waals surface area contributed by atoms with Crippen LogP contribution in [0.3, 0.4) is 0 Å². The fourth-order valence-corrected chi connectivity index (χ4v) is 0.884. The molecule has 6 heteroatoms. The number of aliphatic hydroxyl groups is 1. The number of anilines is 1. The van der Waals surface area contributed by atoms with Gasteiger partial charge in [-0.1, -0.05) is 0 Å². The summed E-state index contributed by atoms with van der Waals surface area (Å²) in [7, 11) is 0. The van der Waals surface area contributed by atoms with Crippen LogP contribution in [-0.4, -0.2) is 28.2 Å². The van der Waals surface area contributed by atoms with Gasteiger partial charge in [-0.25, -0.2) is 18.7 Å². The predicted molar refractivity (Wildman–Crippen MR) is 47.2 cm³/mol. The molecule has 1 aromatic rings. The van der Waals surface area contributed by atoms with Gasteiger partial charge in [0.1, 0.15) is 17.8 Å². The molecular formula is C8H11F2N3O. The van der Waals surface area contributed by atoms with E-state index in [1.165, 1.54) is 6.07 Å². The maximum Gasteiger partial charge on any atom is 0.280 e. The molecule has 0 aliphatic rings. The van der Waals surface area contributed by atoms with Crippen LogP contribution in [0.15, 0.2) is 12.4 Å². The standard InChI is InChI=1S/C8H11F2N3O/c9-8(10)6-4-7(13-5-12-6)11-2-1-3-14/h4-5,8,14H,1-3H2,(H,11,12,13). The zero-order valence-corrected chi connectivity index (χ0v) is 7.45. The lowest BCUT2D eigenvalue weighted by Crippen LogP contribution is -2.06. The quantitative estimate of drug-likeness (QED) is 0.706. The van der Waals surface area contributed by atoms with Crippen LogP contribution in [0.2, 0.25) is 0 Å². The Balaban J connectivity index is 2.55. The van der Waals surface area contributed by atoms with Crippen LogP contribution in [0.5, 0.6) is 0 Å². The molecule has 1 heterocycles. The molecule has 0 radical (unpaired) electrons. The monoisotopic (exact) mass is 203 g/mol. The lowest BCUT2D eigenvalue weighted by molar-refractivity contribution is 0.146. The normalized spacial score (nSPS) is 10.6. The first-order valence-corrected chi connectivity index (χ1v) is 4.19. The van der Waals surface area contributed by atoms with Crippen LogP contribution in [-0.2, 0) is 0 Å². The highest BCUT2D eigenvalue weighted by Gasteiger charge is 2.08. The molecule has 1 rings (SSSR count). The summed E-state index contributed by atoms with van der Waals surface area (Å²) in [5.41, 5.74) is -0.300. The fraction of sp³-hybridized carbons (Fsp3) is 0.500. The first kappa shape index (κ1) is 10.8. The van der Waals surface area contributed by atoms with Gasteiger partial charge in [0.25, 0.3) is 6.43 Å². The molecule has 0 fully saturated rings. The van der Waals surface area contributed by atoms with E-state index in [2.05, 4.69) is 15.3 Å². The molecule has 14 heavy (non-hydrogen) atoms. The summed E-state index contributed by atoms with van der Waals surface area (Å²) in [5.74, 6) is 0.351. The van der Waals surface area contributed by atoms with E-state index in [1.54, 1.807) is 0 Å². The Labute approximate surface area is 80.0 Å². The lowest BCUT2D eigenvalue weighted by atomic mass is 10.4. The molecule has 0 saturated heterocycles. The van der Waals surface area contributed by atoms with Crippen molar-refractivity contribution in [1.29, 1.82) is 0 Å². The summed E-state index contributed by atoms with van der Waals surface area (Å²) in [5, 5.41) is 11.3. The third kappa shape index (κ3) is 3.21. The van der Waals surface area contributed by atoms with Gasteiger partial charge in [0.2, 0.25) is 0 Å². The van der Waals surface area contributed by atoms with E-state index in [-0.39, 0.29) is 12.3 Å². The van der Waals surface area contributed by atoms with Crippen molar-refractivity contribution in [3.63, 3.8) is 0 Å². The van der Waals surface area contributed by atoms with Crippen LogP contribution < -0.4 is 5.32 Å². The van der Waals surface area contributed by atoms with Crippen LogP contribution in [0.4, 0.5) is 14.6 Å². The molecule has 2 N–H and O–H groups in total. The Kier molecular flexibility index (Phi) is 4.18. The third-order valence-electron chi connectivity index (χ3n) is 1.55. The van der Waals surface area contributed by atoms with Crippen molar-refractivity contribution in [2.45, 2.75) is 12.8 Å². The first-order chi connectivity index (χ1) is 6.74. The number of hydrogen-bond acceptors (Lipinski definition) is 4. The number of hydrogen-bond donors (Lipinski definition) is 2. The van der Waals surface area contributed by atoms with E-state index in [1.807, 2.05) is 0 Å². The predicted octanol–water partition coefficient (Wildman–Crippen LogP) is 1.21. The summed E-state index contributed by atoms with van der Waals surface area (Å²) in [6.07, 6.45) is -0.951. The van der Waals surface area contributed by atoms with Crippen LogP contribution in [0, 0.1) is 0 Å². The molecule has 0 saturated carbocycles. The highest BCUT2D eigenvalue weighted by Crippen LogP contribution is 2.17. The largest absolute Gasteiger partial charge is 0.396 e. The Morgan fingerprint density at radius 3 is 2.86 bits per heavy atom. The molecule has 0 unspecified atom stereocenters. The van der Waals surface area contributed by atoms with Crippen molar-refractivity contribution in [2.24, 2.45) is 0 Å². The van der Waals surface area contributed by atoms with E-state index in [4.69, 9.17) is 5.11 Å². The van der Waals surface area contributed by atoms with Crippen molar-refractivity contribution in [1.82, 2.24) is 9.97 Å². The minimum Gasteiger partial charge on any atom is -0.396 e. The summed E-state index contributed by atoms with van der Waals surface area (Å²) < 4.78 is 24.4. The SMILES string of the molecule is OCCCNc1cc(C(F)F)ncn1. The van der Waals surface area contributed by atoms with Crippen molar-refractivity contribution in [3.05, 3.63) is 18.1 Å². The topological polar surface area (TPSA) is 58.0 Å². The molecule has 0 amide bonds. The maximum atomic E-state index is 12.2. The Morgan fingerprint density at radius 2 is 2.21 bits per heavy atom. The molecule has 78 valence electrons. The second-order valence-corrected chi connectivity index (χ2v) is 2.63. The first-order valence-electron chi connectivity index (χ1n) is 4.19. The van der Waals surface area contributed by atoms with E-state index < -0.39 is 6.43 Å². The van der Waals surface area contributed by atoms with Crippen molar-refractivity contribution in [2.75, 3.05) is 18.5 Å². The smallest absolute Gasteiger partial charge is 0.280 e. The number of aliphatic hydroxyl groups excluding tert-OH is 1. The number of aromatic nitrogens is 2. The highest BCUT2D eigenvalue weighted by atomic mass is 19.3. The van der Waals surface area contributed by atoms with Gasteiger partial charge < -0.3 is 10.4 Å². The molecule has 0 spiro atoms. The third-order valence-corrected chi connectivity index (χ3v) is 1.55. The van der Waals surface area contributed by atoms with Gasteiger partial charge >= 0.3 is 0 Å². The van der Waals surface area contributed by atoms with Gasteiger partial charge in [-0.2, -0.15) is 0 Å². The molecule has 0 bridgehead atoms. The van der Waals surface area contributed by atoms with Gasteiger partial charge in [0, 0.05) is 19.2 Å². The number of nitrogens with zero attached hydrogens (tertiary/aromatic N) is 2. The average Bonchev–Trinajstić information content (AvgIpc) is 2.19. The van der Waals surface area contributed by atoms with Gasteiger partial charge in [-0.15, -0.1) is 0 Å². The molecule has 0 aromatic carbocycles. The second-order valence-electron chi connectivity index (χ2n) is 2.63. The number of alkyl halides is 2. The minimum absolute atomic E-state index is 0.0553. The van der Waals surface area contributed by atoms with Crippen LogP contribution in [0.25, 0.3) is 0 Å². The number of rotatable bonds is 5. The van der Waals surface area contributed by atoms with Gasteiger partial charge in [0.05, 0.1) is 0 Å². The molecule has 1 aromatic heterocycles. The average molecular weight is 203 g/mol. The molecule has 0 aliphatic heterocycles. The Morgan fingerprint density at radius 1 is 1.43 bits per heavy atom. The van der Waals surface area contributed by atoms with Crippen LogP contribution in [0.1, 0.15) is 18.5 Å². The van der Waals surface area contributed by atoms with E-state index in [9.17, 15) is 8.78 Å². The van der Waals surface area contributed by atoms with Crippen LogP contribution >= 0.6 is 0 Å². The zero-order chi connectivity index (χ0) is 10.4. The van der Waals surface area contributed by atoms with Gasteiger partial charge in [0.15, 0.2) is 0 Å². The summed E-state index contributed by atoms with van der Waals surface area (Å²) in [6, 6.07) is 1.20. The van der Waals surface area contributed by atoms with E-state index in [0.29, 0.717) is 18.8 Å². The summed E-state index contributed by atoms with van der Waals surface area (Å²) in [6.45, 7) is 0.552. The Hall–Kier alpha value is -1.30. The molecule has 0 atom stereocenters. The van der Waals surface area contributed by atoms with E-state index >= 15 is 0 Å². The fourth-order valence-electron chi connectivity index (χ4n) is 0.884. The number of halogens is 2. The summed E-state index contributed by atoms with van der Waals surface area (Å²) in [4.78, 5) is 7.17. The summed E-state index contributed by atoms with van der Waals surface area (Å²) >= 11 is 0. The van der Waals surface area contributed by atoms with Crippen molar-refractivity contribution >= 4 is 5.82 Å².